The number of hydrogen-bond acceptors (Lipinski definition) is 4. The lowest BCUT2D eigenvalue weighted by molar-refractivity contribution is -0.184. The minimum Gasteiger partial charge on any atom is -0.385 e. The lowest BCUT2D eigenvalue weighted by Gasteiger charge is -2.40. The molecule has 0 atom stereocenters. The van der Waals surface area contributed by atoms with Crippen LogP contribution in [0.1, 0.15) is 35.1 Å². The van der Waals surface area contributed by atoms with Gasteiger partial charge in [0, 0.05) is 18.7 Å². The highest BCUT2D eigenvalue weighted by Crippen LogP contribution is 2.36. The quantitative estimate of drug-likeness (QED) is 0.526. The first-order valence-corrected chi connectivity index (χ1v) is 9.75. The van der Waals surface area contributed by atoms with Crippen molar-refractivity contribution in [2.75, 3.05) is 26.3 Å². The number of hydrogen-bond donors (Lipinski definition) is 3. The van der Waals surface area contributed by atoms with E-state index in [4.69, 9.17) is 10.1 Å². The number of likely N-dealkylation sites (tertiary alicyclic amines) is 1. The summed E-state index contributed by atoms with van der Waals surface area (Å²) in [5.74, 6) is 0.313. The van der Waals surface area contributed by atoms with E-state index in [0.29, 0.717) is 42.9 Å². The van der Waals surface area contributed by atoms with Crippen molar-refractivity contribution >= 4 is 5.84 Å². The Morgan fingerprint density at radius 2 is 1.37 bits per heavy atom. The molecular formula is C22H23F3N2O3. The number of nitrogens with zero attached hydrogens (tertiary/aromatic N) is 1. The zero-order valence-corrected chi connectivity index (χ0v) is 16.2. The predicted molar refractivity (Wildman–Crippen MR) is 104 cm³/mol. The molecule has 8 heteroatoms. The highest BCUT2D eigenvalue weighted by atomic mass is 19.4. The number of ether oxygens (including phenoxy) is 1. The van der Waals surface area contributed by atoms with E-state index in [0.717, 1.165) is 17.7 Å². The zero-order chi connectivity index (χ0) is 21.6. The number of halogens is 3. The number of amidine groups is 1. The maximum Gasteiger partial charge on any atom is 0.416 e. The Bertz CT molecular complexity index is 914. The molecule has 3 N–H and O–H groups in total. The van der Waals surface area contributed by atoms with Gasteiger partial charge in [0.15, 0.2) is 0 Å². The van der Waals surface area contributed by atoms with Crippen molar-refractivity contribution in [1.82, 2.24) is 4.90 Å². The first kappa shape index (κ1) is 20.8. The van der Waals surface area contributed by atoms with E-state index in [-0.39, 0.29) is 13.2 Å². The molecule has 2 heterocycles. The van der Waals surface area contributed by atoms with E-state index in [1.54, 1.807) is 24.3 Å². The molecule has 0 aromatic heterocycles. The lowest BCUT2D eigenvalue weighted by atomic mass is 9.84. The van der Waals surface area contributed by atoms with Crippen LogP contribution in [0.2, 0.25) is 0 Å². The lowest BCUT2D eigenvalue weighted by Crippen LogP contribution is -2.46. The predicted octanol–water partition coefficient (Wildman–Crippen LogP) is 3.23. The summed E-state index contributed by atoms with van der Waals surface area (Å²) in [6, 6.07) is 11.8. The minimum absolute atomic E-state index is 0.262. The van der Waals surface area contributed by atoms with Gasteiger partial charge in [-0.15, -0.1) is 0 Å². The van der Waals surface area contributed by atoms with Gasteiger partial charge in [-0.25, -0.2) is 0 Å². The topological polar surface area (TPSA) is 76.8 Å². The Morgan fingerprint density at radius 1 is 0.867 bits per heavy atom. The average Bonchev–Trinajstić information content (AvgIpc) is 2.72. The summed E-state index contributed by atoms with van der Waals surface area (Å²) in [6.45, 7) is 1.35. The second kappa shape index (κ2) is 7.37. The molecule has 2 fully saturated rings. The van der Waals surface area contributed by atoms with E-state index < -0.39 is 22.9 Å². The molecule has 2 aliphatic rings. The fraction of sp³-hybridized carbons (Fsp3) is 0.409. The van der Waals surface area contributed by atoms with Crippen molar-refractivity contribution in [2.45, 2.75) is 30.2 Å². The number of aliphatic hydroxyl groups is 2. The molecular weight excluding hydrogens is 397 g/mol. The molecule has 30 heavy (non-hydrogen) atoms. The maximum atomic E-state index is 12.8. The number of alkyl halides is 3. The largest absolute Gasteiger partial charge is 0.416 e. The summed E-state index contributed by atoms with van der Waals surface area (Å²) in [5, 5.41) is 29.7. The Balaban J connectivity index is 1.40. The van der Waals surface area contributed by atoms with Crippen LogP contribution in [-0.4, -0.2) is 47.3 Å². The Hall–Kier alpha value is -2.42. The van der Waals surface area contributed by atoms with Crippen LogP contribution in [0.25, 0.3) is 0 Å². The van der Waals surface area contributed by atoms with Gasteiger partial charge in [-0.3, -0.25) is 5.41 Å². The second-order valence-corrected chi connectivity index (χ2v) is 8.04. The summed E-state index contributed by atoms with van der Waals surface area (Å²) < 4.78 is 43.3. The third kappa shape index (κ3) is 3.82. The second-order valence-electron chi connectivity index (χ2n) is 8.04. The van der Waals surface area contributed by atoms with Gasteiger partial charge in [0.25, 0.3) is 0 Å². The van der Waals surface area contributed by atoms with Gasteiger partial charge in [0.05, 0.1) is 24.4 Å². The normalized spacial score (nSPS) is 20.5. The maximum absolute atomic E-state index is 12.8. The molecule has 2 aromatic carbocycles. The highest BCUT2D eigenvalue weighted by Gasteiger charge is 2.38. The standard InChI is InChI=1S/C22H23F3N2O3/c23-22(24,25)18-7-5-16(6-8-18)20(28)9-11-27(12-10-20)19(26)15-1-3-17(4-2-15)21(29)13-30-14-21/h1-8,26,28-29H,9-14H2. The van der Waals surface area contributed by atoms with E-state index in [9.17, 15) is 23.4 Å². The summed E-state index contributed by atoms with van der Waals surface area (Å²) in [7, 11) is 0. The van der Waals surface area contributed by atoms with E-state index in [1.165, 1.54) is 12.1 Å². The zero-order valence-electron chi connectivity index (χ0n) is 16.2. The first-order chi connectivity index (χ1) is 14.1. The third-order valence-corrected chi connectivity index (χ3v) is 6.03. The van der Waals surface area contributed by atoms with E-state index in [1.807, 2.05) is 4.90 Å². The molecule has 2 aromatic rings. The van der Waals surface area contributed by atoms with Gasteiger partial charge in [-0.1, -0.05) is 36.4 Å². The van der Waals surface area contributed by atoms with Crippen molar-refractivity contribution in [3.05, 3.63) is 70.8 Å². The van der Waals surface area contributed by atoms with Gasteiger partial charge in [0.1, 0.15) is 11.4 Å². The van der Waals surface area contributed by atoms with Gasteiger partial charge in [0.2, 0.25) is 0 Å². The van der Waals surface area contributed by atoms with E-state index >= 15 is 0 Å². The summed E-state index contributed by atoms with van der Waals surface area (Å²) >= 11 is 0. The monoisotopic (exact) mass is 420 g/mol. The summed E-state index contributed by atoms with van der Waals surface area (Å²) in [5.41, 5.74) is -0.997. The molecule has 5 nitrogen and oxygen atoms in total. The molecule has 0 saturated carbocycles. The molecule has 0 unspecified atom stereocenters. The van der Waals surface area contributed by atoms with Gasteiger partial charge in [-0.05, 0) is 36.1 Å². The van der Waals surface area contributed by atoms with Crippen LogP contribution in [0.15, 0.2) is 48.5 Å². The number of piperidine rings is 1. The van der Waals surface area contributed by atoms with Crippen LogP contribution in [0.5, 0.6) is 0 Å². The van der Waals surface area contributed by atoms with Crippen molar-refractivity contribution < 1.29 is 28.1 Å². The van der Waals surface area contributed by atoms with Crippen molar-refractivity contribution in [3.8, 4) is 0 Å². The first-order valence-electron chi connectivity index (χ1n) is 9.75. The summed E-state index contributed by atoms with van der Waals surface area (Å²) in [4.78, 5) is 1.84. The molecule has 160 valence electrons. The third-order valence-electron chi connectivity index (χ3n) is 6.03. The average molecular weight is 420 g/mol. The molecule has 2 aliphatic heterocycles. The SMILES string of the molecule is N=C(c1ccc(C2(O)COC2)cc1)N1CCC(O)(c2ccc(C(F)(F)F)cc2)CC1. The van der Waals surface area contributed by atoms with Gasteiger partial charge >= 0.3 is 6.18 Å². The minimum atomic E-state index is -4.41. The Labute approximate surface area is 172 Å². The van der Waals surface area contributed by atoms with Crippen molar-refractivity contribution in [3.63, 3.8) is 0 Å². The highest BCUT2D eigenvalue weighted by molar-refractivity contribution is 5.96. The number of nitrogens with one attached hydrogen (secondary N) is 1. The molecule has 0 radical (unpaired) electrons. The number of benzene rings is 2. The molecule has 4 rings (SSSR count). The molecule has 2 saturated heterocycles. The van der Waals surface area contributed by atoms with Crippen LogP contribution < -0.4 is 0 Å². The van der Waals surface area contributed by atoms with E-state index in [2.05, 4.69) is 0 Å². The Kier molecular flexibility index (Phi) is 5.12. The van der Waals surface area contributed by atoms with Gasteiger partial charge in [-0.2, -0.15) is 13.2 Å². The fourth-order valence-electron chi connectivity index (χ4n) is 3.94. The van der Waals surface area contributed by atoms with Crippen LogP contribution in [0, 0.1) is 5.41 Å². The molecule has 0 spiro atoms. The smallest absolute Gasteiger partial charge is 0.385 e. The van der Waals surface area contributed by atoms with Crippen LogP contribution in [0.4, 0.5) is 13.2 Å². The number of rotatable bonds is 3. The fourth-order valence-corrected chi connectivity index (χ4v) is 3.94. The van der Waals surface area contributed by atoms with Crippen LogP contribution >= 0.6 is 0 Å². The molecule has 0 bridgehead atoms. The van der Waals surface area contributed by atoms with Gasteiger partial charge < -0.3 is 19.8 Å². The van der Waals surface area contributed by atoms with Crippen molar-refractivity contribution in [1.29, 1.82) is 5.41 Å². The molecule has 0 aliphatic carbocycles. The Morgan fingerprint density at radius 3 is 1.83 bits per heavy atom. The van der Waals surface area contributed by atoms with Crippen LogP contribution in [-0.2, 0) is 22.1 Å². The summed E-state index contributed by atoms with van der Waals surface area (Å²) in [6.07, 6.45) is -3.78. The molecule has 0 amide bonds. The van der Waals surface area contributed by atoms with Crippen molar-refractivity contribution in [2.24, 2.45) is 0 Å². The van der Waals surface area contributed by atoms with Crippen LogP contribution in [0.3, 0.4) is 0 Å².